The van der Waals surface area contributed by atoms with E-state index in [0.29, 0.717) is 10.0 Å². The Hall–Kier alpha value is -2.24. The quantitative estimate of drug-likeness (QED) is 0.766. The minimum Gasteiger partial charge on any atom is -0.483 e. The van der Waals surface area contributed by atoms with Gasteiger partial charge >= 0.3 is 5.97 Å². The van der Waals surface area contributed by atoms with Crippen LogP contribution in [0.15, 0.2) is 42.5 Å². The number of carbonyl (C=O) groups is 2. The number of halogens is 2. The summed E-state index contributed by atoms with van der Waals surface area (Å²) >= 11 is 12.0. The van der Waals surface area contributed by atoms with E-state index in [0.717, 1.165) is 5.56 Å². The molecule has 0 saturated carbocycles. The lowest BCUT2D eigenvalue weighted by atomic mass is 10.1. The maximum atomic E-state index is 12.1. The molecule has 0 aliphatic carbocycles. The van der Waals surface area contributed by atoms with Crippen LogP contribution in [0.25, 0.3) is 0 Å². The normalized spacial score (nSPS) is 11.5. The van der Waals surface area contributed by atoms with E-state index in [4.69, 9.17) is 27.9 Å². The zero-order chi connectivity index (χ0) is 18.4. The summed E-state index contributed by atoms with van der Waals surface area (Å²) in [5.74, 6) is -0.600. The number of amides is 1. The first-order valence-electron chi connectivity index (χ1n) is 7.47. The predicted octanol–water partition coefficient (Wildman–Crippen LogP) is 4.04. The summed E-state index contributed by atoms with van der Waals surface area (Å²) in [6, 6.07) is 11.3. The molecule has 2 aromatic rings. The van der Waals surface area contributed by atoms with Crippen LogP contribution in [0.1, 0.15) is 28.9 Å². The lowest BCUT2D eigenvalue weighted by Gasteiger charge is -2.16. The van der Waals surface area contributed by atoms with Crippen LogP contribution >= 0.6 is 23.2 Å². The Morgan fingerprint density at radius 2 is 1.88 bits per heavy atom. The predicted molar refractivity (Wildman–Crippen MR) is 96.3 cm³/mol. The van der Waals surface area contributed by atoms with Crippen molar-refractivity contribution in [2.75, 3.05) is 13.7 Å². The molecule has 2 rings (SSSR count). The molecule has 1 amide bonds. The first kappa shape index (κ1) is 19.1. The van der Waals surface area contributed by atoms with Gasteiger partial charge in [-0.05, 0) is 36.8 Å². The van der Waals surface area contributed by atoms with Gasteiger partial charge in [-0.1, -0.05) is 41.4 Å². The molecule has 132 valence electrons. The molecule has 0 aliphatic rings. The van der Waals surface area contributed by atoms with Crippen LogP contribution in [-0.2, 0) is 9.53 Å². The number of para-hydroxylation sites is 1. The third-order valence-electron chi connectivity index (χ3n) is 3.46. The summed E-state index contributed by atoms with van der Waals surface area (Å²) in [6.07, 6.45) is 0. The summed E-state index contributed by atoms with van der Waals surface area (Å²) in [5.41, 5.74) is 1.00. The molecule has 0 unspecified atom stereocenters. The molecule has 0 bridgehead atoms. The minimum absolute atomic E-state index is 0.246. The van der Waals surface area contributed by atoms with Crippen LogP contribution in [0.2, 0.25) is 10.0 Å². The van der Waals surface area contributed by atoms with Gasteiger partial charge < -0.3 is 14.8 Å². The van der Waals surface area contributed by atoms with E-state index in [-0.39, 0.29) is 29.9 Å². The van der Waals surface area contributed by atoms with Crippen molar-refractivity contribution in [3.05, 3.63) is 63.6 Å². The van der Waals surface area contributed by atoms with Gasteiger partial charge in [0, 0.05) is 10.0 Å². The lowest BCUT2D eigenvalue weighted by molar-refractivity contribution is -0.123. The van der Waals surface area contributed by atoms with Crippen LogP contribution in [0.5, 0.6) is 5.75 Å². The Morgan fingerprint density at radius 1 is 1.16 bits per heavy atom. The largest absolute Gasteiger partial charge is 0.483 e. The second-order valence-electron chi connectivity index (χ2n) is 5.23. The topological polar surface area (TPSA) is 64.6 Å². The number of benzene rings is 2. The molecule has 2 aromatic carbocycles. The Kier molecular flexibility index (Phi) is 6.67. The van der Waals surface area contributed by atoms with Crippen molar-refractivity contribution in [2.24, 2.45) is 0 Å². The maximum absolute atomic E-state index is 12.1. The van der Waals surface area contributed by atoms with Crippen LogP contribution in [0, 0.1) is 0 Å². The summed E-state index contributed by atoms with van der Waals surface area (Å²) < 4.78 is 10.1. The van der Waals surface area contributed by atoms with E-state index in [2.05, 4.69) is 10.1 Å². The fraction of sp³-hybridized carbons (Fsp3) is 0.222. The maximum Gasteiger partial charge on any atom is 0.341 e. The van der Waals surface area contributed by atoms with Crippen molar-refractivity contribution in [3.63, 3.8) is 0 Å². The first-order chi connectivity index (χ1) is 11.9. The molecule has 0 spiro atoms. The van der Waals surface area contributed by atoms with E-state index < -0.39 is 5.97 Å². The van der Waals surface area contributed by atoms with Gasteiger partial charge in [-0.3, -0.25) is 4.79 Å². The summed E-state index contributed by atoms with van der Waals surface area (Å²) in [4.78, 5) is 23.8. The average Bonchev–Trinajstić information content (AvgIpc) is 2.59. The Bertz CT molecular complexity index is 779. The van der Waals surface area contributed by atoms with Gasteiger partial charge in [0.2, 0.25) is 0 Å². The van der Waals surface area contributed by atoms with Crippen molar-refractivity contribution in [2.45, 2.75) is 13.0 Å². The standard InChI is InChI=1S/C18H17Cl2NO4/c1-11(13-8-7-12(19)9-15(13)20)21-17(22)10-25-16-6-4-3-5-14(16)18(23)24-2/h3-9,11H,10H2,1-2H3,(H,21,22)/t11-/m1/s1. The van der Waals surface area contributed by atoms with Crippen LogP contribution in [0.4, 0.5) is 0 Å². The molecule has 1 N–H and O–H groups in total. The van der Waals surface area contributed by atoms with Crippen molar-refractivity contribution in [3.8, 4) is 5.75 Å². The lowest BCUT2D eigenvalue weighted by Crippen LogP contribution is -2.31. The molecule has 0 saturated heterocycles. The zero-order valence-corrected chi connectivity index (χ0v) is 15.2. The van der Waals surface area contributed by atoms with E-state index >= 15 is 0 Å². The third-order valence-corrected chi connectivity index (χ3v) is 4.02. The number of esters is 1. The second kappa shape index (κ2) is 8.74. The molecule has 0 heterocycles. The Morgan fingerprint density at radius 3 is 2.56 bits per heavy atom. The molecule has 0 aromatic heterocycles. The SMILES string of the molecule is COC(=O)c1ccccc1OCC(=O)N[C@H](C)c1ccc(Cl)cc1Cl. The highest BCUT2D eigenvalue weighted by Gasteiger charge is 2.16. The van der Waals surface area contributed by atoms with Gasteiger partial charge in [0.15, 0.2) is 6.61 Å². The number of rotatable bonds is 6. The summed E-state index contributed by atoms with van der Waals surface area (Å²) in [7, 11) is 1.28. The van der Waals surface area contributed by atoms with Crippen molar-refractivity contribution in [1.29, 1.82) is 0 Å². The highest BCUT2D eigenvalue weighted by molar-refractivity contribution is 6.35. The van der Waals surface area contributed by atoms with E-state index in [1.165, 1.54) is 7.11 Å². The van der Waals surface area contributed by atoms with E-state index in [1.54, 1.807) is 49.4 Å². The Labute approximate surface area is 155 Å². The molecule has 0 aliphatic heterocycles. The van der Waals surface area contributed by atoms with Gasteiger partial charge in [0.25, 0.3) is 5.91 Å². The minimum atomic E-state index is -0.530. The number of carbonyl (C=O) groups excluding carboxylic acids is 2. The van der Waals surface area contributed by atoms with Crippen molar-refractivity contribution < 1.29 is 19.1 Å². The van der Waals surface area contributed by atoms with Crippen molar-refractivity contribution >= 4 is 35.1 Å². The monoisotopic (exact) mass is 381 g/mol. The van der Waals surface area contributed by atoms with Crippen LogP contribution in [0.3, 0.4) is 0 Å². The molecule has 7 heteroatoms. The number of hydrogen-bond acceptors (Lipinski definition) is 4. The fourth-order valence-corrected chi connectivity index (χ4v) is 2.80. The van der Waals surface area contributed by atoms with Gasteiger partial charge in [-0.25, -0.2) is 4.79 Å². The van der Waals surface area contributed by atoms with Crippen molar-refractivity contribution in [1.82, 2.24) is 5.32 Å². The van der Waals surface area contributed by atoms with E-state index in [9.17, 15) is 9.59 Å². The Balaban J connectivity index is 1.98. The molecule has 25 heavy (non-hydrogen) atoms. The second-order valence-corrected chi connectivity index (χ2v) is 6.08. The molecule has 1 atom stereocenters. The molecule has 0 radical (unpaired) electrons. The average molecular weight is 382 g/mol. The third kappa shape index (κ3) is 5.11. The van der Waals surface area contributed by atoms with Gasteiger partial charge in [-0.15, -0.1) is 0 Å². The smallest absolute Gasteiger partial charge is 0.341 e. The number of hydrogen-bond donors (Lipinski definition) is 1. The number of methoxy groups -OCH3 is 1. The van der Waals surface area contributed by atoms with Gasteiger partial charge in [0.1, 0.15) is 11.3 Å². The fourth-order valence-electron chi connectivity index (χ4n) is 2.23. The number of nitrogens with one attached hydrogen (secondary N) is 1. The summed E-state index contributed by atoms with van der Waals surface area (Å²) in [6.45, 7) is 1.55. The van der Waals surface area contributed by atoms with E-state index in [1.807, 2.05) is 0 Å². The van der Waals surface area contributed by atoms with Gasteiger partial charge in [0.05, 0.1) is 13.2 Å². The molecular weight excluding hydrogens is 365 g/mol. The molecule has 5 nitrogen and oxygen atoms in total. The van der Waals surface area contributed by atoms with Crippen LogP contribution in [-0.4, -0.2) is 25.6 Å². The highest BCUT2D eigenvalue weighted by atomic mass is 35.5. The highest BCUT2D eigenvalue weighted by Crippen LogP contribution is 2.26. The molecular formula is C18H17Cl2NO4. The van der Waals surface area contributed by atoms with Crippen LogP contribution < -0.4 is 10.1 Å². The number of ether oxygens (including phenoxy) is 2. The zero-order valence-electron chi connectivity index (χ0n) is 13.7. The summed E-state index contributed by atoms with van der Waals surface area (Å²) in [5, 5.41) is 3.77. The first-order valence-corrected chi connectivity index (χ1v) is 8.22. The molecule has 0 fully saturated rings. The van der Waals surface area contributed by atoms with Gasteiger partial charge in [-0.2, -0.15) is 0 Å².